The molecule has 1 aromatic carbocycles. The van der Waals surface area contributed by atoms with Crippen LogP contribution < -0.4 is 5.73 Å². The molecule has 0 amide bonds. The molecule has 3 nitrogen and oxygen atoms in total. The minimum Gasteiger partial charge on any atom is -0.330 e. The zero-order chi connectivity index (χ0) is 12.7. The van der Waals surface area contributed by atoms with Crippen LogP contribution >= 0.6 is 11.6 Å². The minimum atomic E-state index is -2.21. The molecule has 0 radical (unpaired) electrons. The van der Waals surface area contributed by atoms with Gasteiger partial charge < -0.3 is 5.73 Å². The summed E-state index contributed by atoms with van der Waals surface area (Å²) in [6.07, 6.45) is 0.905. The van der Waals surface area contributed by atoms with Crippen molar-refractivity contribution in [1.29, 1.82) is 0 Å². The molecule has 5 heteroatoms. The molecule has 2 N–H and O–H groups in total. The Labute approximate surface area is 109 Å². The number of benzene rings is 1. The van der Waals surface area contributed by atoms with Gasteiger partial charge in [0.25, 0.3) is 0 Å². The van der Waals surface area contributed by atoms with Gasteiger partial charge >= 0.3 is 0 Å². The second-order valence-electron chi connectivity index (χ2n) is 3.89. The van der Waals surface area contributed by atoms with Crippen molar-refractivity contribution in [3.05, 3.63) is 34.9 Å². The molecule has 0 aromatic heterocycles. The number of rotatable bonds is 6. The molecular weight excluding hydrogens is 256 g/mol. The van der Waals surface area contributed by atoms with E-state index in [-0.39, 0.29) is 0 Å². The Morgan fingerprint density at radius 1 is 1.35 bits per heavy atom. The Bertz CT molecular complexity index is 450. The highest BCUT2D eigenvalue weighted by Crippen LogP contribution is 2.13. The maximum atomic E-state index is 12.5. The average Bonchev–Trinajstić information content (AvgIpc) is 2.30. The molecule has 0 spiro atoms. The first kappa shape index (κ1) is 14.5. The smallest absolute Gasteiger partial charge is 0.0568 e. The summed E-state index contributed by atoms with van der Waals surface area (Å²) in [6.45, 7) is 3.06. The molecule has 0 aliphatic heterocycles. The molecule has 0 bridgehead atoms. The first-order valence-electron chi connectivity index (χ1n) is 5.72. The molecule has 96 valence electrons. The van der Waals surface area contributed by atoms with Crippen molar-refractivity contribution in [2.75, 3.05) is 18.8 Å². The van der Waals surface area contributed by atoms with Gasteiger partial charge in [-0.2, -0.15) is 0 Å². The van der Waals surface area contributed by atoms with Crippen molar-refractivity contribution in [2.24, 2.45) is 10.1 Å². The van der Waals surface area contributed by atoms with Crippen LogP contribution in [0, 0.1) is 0 Å². The van der Waals surface area contributed by atoms with Crippen molar-refractivity contribution in [1.82, 2.24) is 0 Å². The van der Waals surface area contributed by atoms with Crippen molar-refractivity contribution < 1.29 is 4.21 Å². The van der Waals surface area contributed by atoms with Crippen molar-refractivity contribution >= 4 is 21.3 Å². The summed E-state index contributed by atoms with van der Waals surface area (Å²) in [5.74, 6) is 0.914. The Hall–Kier alpha value is -0.580. The number of nitrogens with zero attached hydrogens (tertiary/aromatic N) is 1. The fourth-order valence-electron chi connectivity index (χ4n) is 1.47. The van der Waals surface area contributed by atoms with Gasteiger partial charge in [0.1, 0.15) is 0 Å². The molecule has 0 saturated heterocycles. The monoisotopic (exact) mass is 274 g/mol. The second kappa shape index (κ2) is 6.99. The number of halogens is 1. The zero-order valence-corrected chi connectivity index (χ0v) is 11.6. The van der Waals surface area contributed by atoms with Crippen LogP contribution in [-0.4, -0.2) is 23.1 Å². The molecular formula is C12H19ClN2OS. The molecule has 0 aliphatic carbocycles. The zero-order valence-electron chi connectivity index (χ0n) is 10.1. The van der Waals surface area contributed by atoms with Gasteiger partial charge in [-0.1, -0.05) is 30.7 Å². The molecule has 0 saturated carbocycles. The number of hydrogen-bond acceptors (Lipinski definition) is 3. The highest BCUT2D eigenvalue weighted by Gasteiger charge is 2.09. The second-order valence-corrected chi connectivity index (χ2v) is 6.83. The van der Waals surface area contributed by atoms with Crippen LogP contribution in [0.2, 0.25) is 5.02 Å². The van der Waals surface area contributed by atoms with E-state index in [1.165, 1.54) is 0 Å². The van der Waals surface area contributed by atoms with Crippen LogP contribution in [-0.2, 0) is 15.5 Å². The van der Waals surface area contributed by atoms with Crippen LogP contribution in [0.1, 0.15) is 18.9 Å². The third-order valence-electron chi connectivity index (χ3n) is 2.29. The predicted molar refractivity (Wildman–Crippen MR) is 74.8 cm³/mol. The highest BCUT2D eigenvalue weighted by molar-refractivity contribution is 7.92. The maximum absolute atomic E-state index is 12.5. The van der Waals surface area contributed by atoms with Gasteiger partial charge in [-0.25, -0.2) is 8.57 Å². The van der Waals surface area contributed by atoms with E-state index in [1.807, 2.05) is 19.1 Å². The SMILES string of the molecule is CCCN=S(=O)(CCN)Cc1ccc(Cl)cc1. The molecule has 0 aliphatic rings. The van der Waals surface area contributed by atoms with E-state index < -0.39 is 9.73 Å². The quantitative estimate of drug-likeness (QED) is 0.867. The molecule has 1 rings (SSSR count). The summed E-state index contributed by atoms with van der Waals surface area (Å²) in [5, 5.41) is 0.685. The molecule has 0 fully saturated rings. The third kappa shape index (κ3) is 5.06. The van der Waals surface area contributed by atoms with Crippen LogP contribution in [0.25, 0.3) is 0 Å². The fourth-order valence-corrected chi connectivity index (χ4v) is 3.55. The first-order valence-corrected chi connectivity index (χ1v) is 7.95. The first-order chi connectivity index (χ1) is 8.09. The van der Waals surface area contributed by atoms with E-state index >= 15 is 0 Å². The van der Waals surface area contributed by atoms with E-state index in [9.17, 15) is 4.21 Å². The lowest BCUT2D eigenvalue weighted by Gasteiger charge is -2.09. The highest BCUT2D eigenvalue weighted by atomic mass is 35.5. The molecule has 17 heavy (non-hydrogen) atoms. The van der Waals surface area contributed by atoms with Gasteiger partial charge in [-0.05, 0) is 24.1 Å². The van der Waals surface area contributed by atoms with Crippen molar-refractivity contribution in [3.63, 3.8) is 0 Å². The lowest BCUT2D eigenvalue weighted by Crippen LogP contribution is -2.17. The van der Waals surface area contributed by atoms with Crippen molar-refractivity contribution in [3.8, 4) is 0 Å². The van der Waals surface area contributed by atoms with E-state index in [0.717, 1.165) is 12.0 Å². The third-order valence-corrected chi connectivity index (χ3v) is 4.86. The van der Waals surface area contributed by atoms with Crippen LogP contribution in [0.3, 0.4) is 0 Å². The van der Waals surface area contributed by atoms with Crippen molar-refractivity contribution in [2.45, 2.75) is 19.1 Å². The average molecular weight is 275 g/mol. The predicted octanol–water partition coefficient (Wildman–Crippen LogP) is 2.68. The number of nitrogens with two attached hydrogens (primary N) is 1. The summed E-state index contributed by atoms with van der Waals surface area (Å²) in [4.78, 5) is 0. The van der Waals surface area contributed by atoms with E-state index in [4.69, 9.17) is 17.3 Å². The molecule has 1 atom stereocenters. The van der Waals surface area contributed by atoms with Gasteiger partial charge in [-0.15, -0.1) is 0 Å². The van der Waals surface area contributed by atoms with Gasteiger partial charge in [0.15, 0.2) is 0 Å². The van der Waals surface area contributed by atoms with E-state index in [2.05, 4.69) is 4.36 Å². The van der Waals surface area contributed by atoms with Crippen LogP contribution in [0.4, 0.5) is 0 Å². The summed E-state index contributed by atoms with van der Waals surface area (Å²) in [5.41, 5.74) is 6.50. The molecule has 1 unspecified atom stereocenters. The Morgan fingerprint density at radius 3 is 2.53 bits per heavy atom. The summed E-state index contributed by atoms with van der Waals surface area (Å²) in [7, 11) is -2.21. The summed E-state index contributed by atoms with van der Waals surface area (Å²) < 4.78 is 16.8. The number of hydrogen-bond donors (Lipinski definition) is 1. The Balaban J connectivity index is 2.87. The minimum absolute atomic E-state index is 0.402. The molecule has 0 heterocycles. The lowest BCUT2D eigenvalue weighted by atomic mass is 10.2. The van der Waals surface area contributed by atoms with E-state index in [0.29, 0.717) is 29.6 Å². The van der Waals surface area contributed by atoms with Gasteiger partial charge in [0.05, 0.1) is 15.5 Å². The standard InChI is InChI=1S/C12H19ClN2OS/c1-2-8-15-17(16,9-7-14)10-11-3-5-12(13)6-4-11/h3-6H,2,7-10,14H2,1H3. The lowest BCUT2D eigenvalue weighted by molar-refractivity contribution is 0.672. The Morgan fingerprint density at radius 2 is 2.00 bits per heavy atom. The van der Waals surface area contributed by atoms with Gasteiger partial charge in [-0.3, -0.25) is 0 Å². The normalized spacial score (nSPS) is 14.3. The van der Waals surface area contributed by atoms with Crippen LogP contribution in [0.5, 0.6) is 0 Å². The fraction of sp³-hybridized carbons (Fsp3) is 0.500. The topological polar surface area (TPSA) is 55.5 Å². The van der Waals surface area contributed by atoms with E-state index in [1.54, 1.807) is 12.1 Å². The largest absolute Gasteiger partial charge is 0.330 e. The van der Waals surface area contributed by atoms with Gasteiger partial charge in [0, 0.05) is 23.9 Å². The maximum Gasteiger partial charge on any atom is 0.0568 e. The Kier molecular flexibility index (Phi) is 5.95. The van der Waals surface area contributed by atoms with Crippen LogP contribution in [0.15, 0.2) is 28.6 Å². The van der Waals surface area contributed by atoms with Gasteiger partial charge in [0.2, 0.25) is 0 Å². The summed E-state index contributed by atoms with van der Waals surface area (Å²) >= 11 is 5.81. The molecule has 1 aromatic rings. The summed E-state index contributed by atoms with van der Waals surface area (Å²) in [6, 6.07) is 7.39.